The van der Waals surface area contributed by atoms with Crippen LogP contribution < -0.4 is 21.1 Å². The van der Waals surface area contributed by atoms with Crippen LogP contribution in [0.3, 0.4) is 0 Å². The first-order valence-corrected chi connectivity index (χ1v) is 10.8. The van der Waals surface area contributed by atoms with Crippen molar-refractivity contribution in [2.24, 2.45) is 0 Å². The normalized spacial score (nSPS) is 11.9. The van der Waals surface area contributed by atoms with E-state index in [1.807, 2.05) is 0 Å². The van der Waals surface area contributed by atoms with Crippen LogP contribution in [0.5, 0.6) is 0 Å². The Kier molecular flexibility index (Phi) is 6.08. The van der Waals surface area contributed by atoms with Gasteiger partial charge in [-0.05, 0) is 36.4 Å². The van der Waals surface area contributed by atoms with Gasteiger partial charge in [-0.3, -0.25) is 4.55 Å². The standard InChI is InChI=1S/C15H20N4O5S2/c1-25(20,21)18-6-5-17-13-7-11(16)8-14(9-13)19-12-3-2-4-15(10-12)26(22,23)24/h2-4,7-10,17-19H,5-6,16H2,1H3,(H,22,23,24). The third kappa shape index (κ3) is 6.52. The van der Waals surface area contributed by atoms with E-state index < -0.39 is 20.1 Å². The monoisotopic (exact) mass is 400 g/mol. The zero-order chi connectivity index (χ0) is 19.4. The summed E-state index contributed by atoms with van der Waals surface area (Å²) in [6, 6.07) is 10.8. The predicted molar refractivity (Wildman–Crippen MR) is 102 cm³/mol. The van der Waals surface area contributed by atoms with Gasteiger partial charge in [-0.1, -0.05) is 6.07 Å². The number of nitrogens with two attached hydrogens (primary N) is 1. The highest BCUT2D eigenvalue weighted by molar-refractivity contribution is 7.88. The fraction of sp³-hybridized carbons (Fsp3) is 0.200. The Bertz CT molecular complexity index is 991. The Balaban J connectivity index is 2.10. The molecule has 0 aromatic heterocycles. The molecule has 26 heavy (non-hydrogen) atoms. The van der Waals surface area contributed by atoms with Crippen LogP contribution in [-0.4, -0.2) is 40.7 Å². The van der Waals surface area contributed by atoms with Gasteiger partial charge in [-0.15, -0.1) is 0 Å². The average molecular weight is 400 g/mol. The van der Waals surface area contributed by atoms with E-state index in [1.54, 1.807) is 24.3 Å². The minimum Gasteiger partial charge on any atom is -0.399 e. The molecule has 6 N–H and O–H groups in total. The molecular weight excluding hydrogens is 380 g/mol. The SMILES string of the molecule is CS(=O)(=O)NCCNc1cc(N)cc(Nc2cccc(S(=O)(=O)O)c2)c1. The summed E-state index contributed by atoms with van der Waals surface area (Å²) in [5.74, 6) is 0. The molecule has 2 aromatic rings. The van der Waals surface area contributed by atoms with Gasteiger partial charge >= 0.3 is 0 Å². The zero-order valence-corrected chi connectivity index (χ0v) is 15.6. The van der Waals surface area contributed by atoms with Crippen LogP contribution in [0.1, 0.15) is 0 Å². The van der Waals surface area contributed by atoms with Crippen LogP contribution in [-0.2, 0) is 20.1 Å². The second-order valence-corrected chi connectivity index (χ2v) is 8.82. The van der Waals surface area contributed by atoms with Crippen molar-refractivity contribution in [2.75, 3.05) is 35.7 Å². The summed E-state index contributed by atoms with van der Waals surface area (Å²) in [7, 11) is -7.54. The topological polar surface area (TPSA) is 151 Å². The van der Waals surface area contributed by atoms with Gasteiger partial charge in [0, 0.05) is 35.8 Å². The summed E-state index contributed by atoms with van der Waals surface area (Å²) in [4.78, 5) is -0.225. The quantitative estimate of drug-likeness (QED) is 0.252. The van der Waals surface area contributed by atoms with Gasteiger partial charge in [-0.2, -0.15) is 8.42 Å². The van der Waals surface area contributed by atoms with Crippen molar-refractivity contribution in [3.63, 3.8) is 0 Å². The number of sulfonamides is 1. The summed E-state index contributed by atoms with van der Waals surface area (Å²) >= 11 is 0. The first kappa shape index (κ1) is 20.0. The van der Waals surface area contributed by atoms with Crippen molar-refractivity contribution in [2.45, 2.75) is 4.90 Å². The van der Waals surface area contributed by atoms with Gasteiger partial charge < -0.3 is 16.4 Å². The summed E-state index contributed by atoms with van der Waals surface area (Å²) in [6.07, 6.45) is 1.08. The van der Waals surface area contributed by atoms with Gasteiger partial charge in [0.15, 0.2) is 0 Å². The lowest BCUT2D eigenvalue weighted by molar-refractivity contribution is 0.483. The van der Waals surface area contributed by atoms with Crippen molar-refractivity contribution in [1.29, 1.82) is 0 Å². The Morgan fingerprint density at radius 1 is 0.962 bits per heavy atom. The number of hydrogen-bond donors (Lipinski definition) is 5. The Hall–Kier alpha value is -2.34. The molecular formula is C15H20N4O5S2. The zero-order valence-electron chi connectivity index (χ0n) is 13.9. The summed E-state index contributed by atoms with van der Waals surface area (Å²) < 4.78 is 55.9. The fourth-order valence-corrected chi connectivity index (χ4v) is 3.17. The van der Waals surface area contributed by atoms with Crippen molar-refractivity contribution in [3.05, 3.63) is 42.5 Å². The highest BCUT2D eigenvalue weighted by Crippen LogP contribution is 2.25. The molecule has 0 fully saturated rings. The van der Waals surface area contributed by atoms with Gasteiger partial charge in [0.05, 0.1) is 11.2 Å². The average Bonchev–Trinajstić information content (AvgIpc) is 2.50. The second kappa shape index (κ2) is 7.91. The minimum atomic E-state index is -4.29. The largest absolute Gasteiger partial charge is 0.399 e. The van der Waals surface area contributed by atoms with E-state index in [4.69, 9.17) is 10.3 Å². The second-order valence-electron chi connectivity index (χ2n) is 5.56. The lowest BCUT2D eigenvalue weighted by atomic mass is 10.2. The van der Waals surface area contributed by atoms with Crippen LogP contribution >= 0.6 is 0 Å². The molecule has 0 saturated heterocycles. The molecule has 0 spiro atoms. The number of anilines is 4. The van der Waals surface area contributed by atoms with Gasteiger partial charge in [-0.25, -0.2) is 13.1 Å². The molecule has 2 aromatic carbocycles. The lowest BCUT2D eigenvalue weighted by Crippen LogP contribution is -2.27. The molecule has 11 heteroatoms. The molecule has 0 heterocycles. The molecule has 0 unspecified atom stereocenters. The summed E-state index contributed by atoms with van der Waals surface area (Å²) in [5, 5.41) is 6.04. The molecule has 142 valence electrons. The van der Waals surface area contributed by atoms with Crippen LogP contribution in [0.15, 0.2) is 47.4 Å². The highest BCUT2D eigenvalue weighted by atomic mass is 32.2. The first-order valence-electron chi connectivity index (χ1n) is 7.46. The van der Waals surface area contributed by atoms with E-state index in [-0.39, 0.29) is 11.4 Å². The van der Waals surface area contributed by atoms with E-state index in [9.17, 15) is 16.8 Å². The third-order valence-corrected chi connectivity index (χ3v) is 4.77. The van der Waals surface area contributed by atoms with E-state index >= 15 is 0 Å². The maximum Gasteiger partial charge on any atom is 0.294 e. The fourth-order valence-electron chi connectivity index (χ4n) is 2.17. The molecule has 9 nitrogen and oxygen atoms in total. The highest BCUT2D eigenvalue weighted by Gasteiger charge is 2.10. The maximum absolute atomic E-state index is 11.2. The molecule has 0 atom stereocenters. The van der Waals surface area contributed by atoms with Crippen molar-refractivity contribution in [1.82, 2.24) is 4.72 Å². The van der Waals surface area contributed by atoms with Crippen LogP contribution in [0.2, 0.25) is 0 Å². The molecule has 0 saturated carbocycles. The van der Waals surface area contributed by atoms with Crippen LogP contribution in [0, 0.1) is 0 Å². The first-order chi connectivity index (χ1) is 12.0. The molecule has 0 aliphatic rings. The molecule has 2 rings (SSSR count). The number of nitrogens with one attached hydrogen (secondary N) is 3. The summed E-state index contributed by atoms with van der Waals surface area (Å²) in [6.45, 7) is 0.570. The van der Waals surface area contributed by atoms with E-state index in [0.29, 0.717) is 29.3 Å². The third-order valence-electron chi connectivity index (χ3n) is 3.19. The van der Waals surface area contributed by atoms with E-state index in [1.165, 1.54) is 18.2 Å². The van der Waals surface area contributed by atoms with Crippen molar-refractivity contribution in [3.8, 4) is 0 Å². The van der Waals surface area contributed by atoms with Crippen LogP contribution in [0.25, 0.3) is 0 Å². The Morgan fingerprint density at radius 3 is 2.31 bits per heavy atom. The van der Waals surface area contributed by atoms with E-state index in [2.05, 4.69) is 15.4 Å². The number of nitrogen functional groups attached to an aromatic ring is 1. The number of benzene rings is 2. The van der Waals surface area contributed by atoms with Crippen molar-refractivity contribution >= 4 is 42.9 Å². The maximum atomic E-state index is 11.2. The van der Waals surface area contributed by atoms with Crippen LogP contribution in [0.4, 0.5) is 22.7 Å². The smallest absolute Gasteiger partial charge is 0.294 e. The minimum absolute atomic E-state index is 0.215. The van der Waals surface area contributed by atoms with Gasteiger partial charge in [0.2, 0.25) is 10.0 Å². The van der Waals surface area contributed by atoms with E-state index in [0.717, 1.165) is 6.26 Å². The van der Waals surface area contributed by atoms with Gasteiger partial charge in [0.1, 0.15) is 0 Å². The lowest BCUT2D eigenvalue weighted by Gasteiger charge is -2.12. The Morgan fingerprint density at radius 2 is 1.65 bits per heavy atom. The summed E-state index contributed by atoms with van der Waals surface area (Å²) in [5.41, 5.74) is 8.02. The molecule has 0 bridgehead atoms. The number of hydrogen-bond acceptors (Lipinski definition) is 7. The Labute approximate surface area is 152 Å². The molecule has 0 amide bonds. The molecule has 0 aliphatic heterocycles. The predicted octanol–water partition coefficient (Wildman–Crippen LogP) is 1.22. The van der Waals surface area contributed by atoms with Gasteiger partial charge in [0.25, 0.3) is 10.1 Å². The number of rotatable bonds is 8. The molecule has 0 aliphatic carbocycles. The van der Waals surface area contributed by atoms with Crippen molar-refractivity contribution < 1.29 is 21.4 Å². The molecule has 0 radical (unpaired) electrons.